The number of aryl methyl sites for hydroxylation is 1. The van der Waals surface area contributed by atoms with Crippen LogP contribution in [-0.2, 0) is 10.0 Å². The highest BCUT2D eigenvalue weighted by Crippen LogP contribution is 2.24. The Balaban J connectivity index is 1.73. The predicted molar refractivity (Wildman–Crippen MR) is 95.0 cm³/mol. The summed E-state index contributed by atoms with van der Waals surface area (Å²) in [6, 6.07) is 7.88. The quantitative estimate of drug-likeness (QED) is 0.905. The molecule has 2 aromatic rings. The van der Waals surface area contributed by atoms with Crippen LogP contribution in [0.5, 0.6) is 0 Å². The van der Waals surface area contributed by atoms with Crippen molar-refractivity contribution in [2.24, 2.45) is 5.92 Å². The number of carbonyl (C=O) groups excluding carboxylic acids is 1. The van der Waals surface area contributed by atoms with Crippen LogP contribution in [0.25, 0.3) is 0 Å². The van der Waals surface area contributed by atoms with E-state index in [1.807, 2.05) is 0 Å². The van der Waals surface area contributed by atoms with Crippen LogP contribution in [0.15, 0.2) is 45.9 Å². The number of piperidine rings is 1. The minimum Gasteiger partial charge on any atom is -0.469 e. The second kappa shape index (κ2) is 7.01. The topological polar surface area (TPSA) is 79.6 Å². The Labute approximate surface area is 147 Å². The summed E-state index contributed by atoms with van der Waals surface area (Å²) in [5, 5.41) is 2.74. The maximum atomic E-state index is 12.7. The molecule has 1 aliphatic heterocycles. The smallest absolute Gasteiger partial charge is 0.259 e. The molecule has 7 heteroatoms. The number of nitrogens with zero attached hydrogens (tertiary/aromatic N) is 1. The molecule has 1 saturated heterocycles. The Bertz CT molecular complexity index is 855. The summed E-state index contributed by atoms with van der Waals surface area (Å²) in [6.45, 7) is 4.90. The number of carbonyl (C=O) groups is 1. The third-order valence-corrected chi connectivity index (χ3v) is 6.35. The number of sulfonamides is 1. The molecule has 0 radical (unpaired) electrons. The van der Waals surface area contributed by atoms with E-state index in [1.165, 1.54) is 18.4 Å². The maximum absolute atomic E-state index is 12.7. The second-order valence-corrected chi connectivity index (χ2v) is 8.42. The molecule has 1 amide bonds. The number of nitrogens with one attached hydrogen (secondary N) is 1. The van der Waals surface area contributed by atoms with Crippen molar-refractivity contribution < 1.29 is 17.6 Å². The van der Waals surface area contributed by atoms with Gasteiger partial charge in [-0.15, -0.1) is 0 Å². The van der Waals surface area contributed by atoms with Crippen LogP contribution >= 0.6 is 0 Å². The number of benzene rings is 1. The van der Waals surface area contributed by atoms with Crippen molar-refractivity contribution in [3.05, 3.63) is 47.9 Å². The van der Waals surface area contributed by atoms with Gasteiger partial charge in [0.05, 0.1) is 16.7 Å². The minimum atomic E-state index is -3.48. The average molecular weight is 362 g/mol. The molecule has 0 unspecified atom stereocenters. The summed E-state index contributed by atoms with van der Waals surface area (Å²) in [5.41, 5.74) is 0.996. The molecule has 2 heterocycles. The Morgan fingerprint density at radius 1 is 1.24 bits per heavy atom. The van der Waals surface area contributed by atoms with E-state index in [9.17, 15) is 13.2 Å². The van der Waals surface area contributed by atoms with Crippen molar-refractivity contribution in [3.63, 3.8) is 0 Å². The first-order valence-corrected chi connectivity index (χ1v) is 9.77. The van der Waals surface area contributed by atoms with E-state index in [0.717, 1.165) is 12.8 Å². The summed E-state index contributed by atoms with van der Waals surface area (Å²) in [5.74, 6) is 0.628. The van der Waals surface area contributed by atoms with Gasteiger partial charge in [-0.05, 0) is 56.0 Å². The third kappa shape index (κ3) is 3.77. The first-order valence-electron chi connectivity index (χ1n) is 8.33. The number of anilines is 1. The van der Waals surface area contributed by atoms with Crippen LogP contribution < -0.4 is 5.32 Å². The molecule has 1 aromatic carbocycles. The molecule has 1 aliphatic rings. The SMILES string of the molecule is Cc1occc1C(=O)Nc1ccc(S(=O)(=O)N2CCC[C@H](C)C2)cc1. The van der Waals surface area contributed by atoms with E-state index >= 15 is 0 Å². The number of furan rings is 1. The lowest BCUT2D eigenvalue weighted by Crippen LogP contribution is -2.39. The summed E-state index contributed by atoms with van der Waals surface area (Å²) >= 11 is 0. The summed E-state index contributed by atoms with van der Waals surface area (Å²) < 4.78 is 32.1. The van der Waals surface area contributed by atoms with Crippen molar-refractivity contribution in [2.45, 2.75) is 31.6 Å². The van der Waals surface area contributed by atoms with Gasteiger partial charge in [0.1, 0.15) is 5.76 Å². The van der Waals surface area contributed by atoms with Crippen molar-refractivity contribution >= 4 is 21.6 Å². The zero-order valence-corrected chi connectivity index (χ0v) is 15.2. The number of hydrogen-bond acceptors (Lipinski definition) is 4. The summed E-state index contributed by atoms with van der Waals surface area (Å²) in [6.07, 6.45) is 3.41. The first kappa shape index (κ1) is 17.7. The average Bonchev–Trinajstić information content (AvgIpc) is 3.01. The standard InChI is InChI=1S/C18H22N2O4S/c1-13-4-3-10-20(12-13)25(22,23)16-7-5-15(6-8-16)19-18(21)17-9-11-24-14(17)2/h5-9,11,13H,3-4,10,12H2,1-2H3,(H,19,21)/t13-/m0/s1. The fourth-order valence-corrected chi connectivity index (χ4v) is 4.64. The molecule has 1 fully saturated rings. The lowest BCUT2D eigenvalue weighted by atomic mass is 10.0. The lowest BCUT2D eigenvalue weighted by molar-refractivity contribution is 0.102. The Kier molecular flexibility index (Phi) is 4.96. The van der Waals surface area contributed by atoms with Gasteiger partial charge in [-0.2, -0.15) is 4.31 Å². The predicted octanol–water partition coefficient (Wildman–Crippen LogP) is 3.26. The van der Waals surface area contributed by atoms with Gasteiger partial charge >= 0.3 is 0 Å². The van der Waals surface area contributed by atoms with Crippen LogP contribution in [0.2, 0.25) is 0 Å². The van der Waals surface area contributed by atoms with Crippen molar-refractivity contribution in [2.75, 3.05) is 18.4 Å². The number of rotatable bonds is 4. The second-order valence-electron chi connectivity index (χ2n) is 6.48. The van der Waals surface area contributed by atoms with Crippen LogP contribution in [0, 0.1) is 12.8 Å². The Morgan fingerprint density at radius 2 is 1.96 bits per heavy atom. The molecule has 134 valence electrons. The Hall–Kier alpha value is -2.12. The monoisotopic (exact) mass is 362 g/mol. The van der Waals surface area contributed by atoms with Crippen molar-refractivity contribution in [3.8, 4) is 0 Å². The van der Waals surface area contributed by atoms with E-state index in [-0.39, 0.29) is 10.8 Å². The highest BCUT2D eigenvalue weighted by atomic mass is 32.2. The zero-order valence-electron chi connectivity index (χ0n) is 14.4. The molecule has 6 nitrogen and oxygen atoms in total. The van der Waals surface area contributed by atoms with E-state index in [2.05, 4.69) is 12.2 Å². The molecule has 3 rings (SSSR count). The van der Waals surface area contributed by atoms with Gasteiger partial charge in [-0.3, -0.25) is 4.79 Å². The fraction of sp³-hybridized carbons (Fsp3) is 0.389. The van der Waals surface area contributed by atoms with Gasteiger partial charge in [0.15, 0.2) is 0 Å². The summed E-state index contributed by atoms with van der Waals surface area (Å²) in [7, 11) is -3.48. The molecule has 1 aromatic heterocycles. The first-order chi connectivity index (χ1) is 11.9. The maximum Gasteiger partial charge on any atom is 0.259 e. The van der Waals surface area contributed by atoms with Gasteiger partial charge in [0, 0.05) is 18.8 Å². The van der Waals surface area contributed by atoms with Gasteiger partial charge < -0.3 is 9.73 Å². The van der Waals surface area contributed by atoms with E-state index in [4.69, 9.17) is 4.42 Å². The highest BCUT2D eigenvalue weighted by molar-refractivity contribution is 7.89. The molecular weight excluding hydrogens is 340 g/mol. The van der Waals surface area contributed by atoms with E-state index < -0.39 is 10.0 Å². The zero-order chi connectivity index (χ0) is 18.0. The van der Waals surface area contributed by atoms with Crippen molar-refractivity contribution in [1.82, 2.24) is 4.31 Å². The van der Waals surface area contributed by atoms with Crippen LogP contribution in [0.4, 0.5) is 5.69 Å². The summed E-state index contributed by atoms with van der Waals surface area (Å²) in [4.78, 5) is 12.4. The van der Waals surface area contributed by atoms with Gasteiger partial charge in [-0.1, -0.05) is 6.92 Å². The lowest BCUT2D eigenvalue weighted by Gasteiger charge is -2.30. The molecule has 1 N–H and O–H groups in total. The van der Waals surface area contributed by atoms with Gasteiger partial charge in [-0.25, -0.2) is 8.42 Å². The van der Waals surface area contributed by atoms with Crippen LogP contribution in [-0.4, -0.2) is 31.7 Å². The van der Waals surface area contributed by atoms with Crippen LogP contribution in [0.1, 0.15) is 35.9 Å². The van der Waals surface area contributed by atoms with E-state index in [1.54, 1.807) is 29.4 Å². The number of amides is 1. The molecule has 0 bridgehead atoms. The molecule has 1 atom stereocenters. The fourth-order valence-electron chi connectivity index (χ4n) is 3.04. The molecule has 0 spiro atoms. The largest absolute Gasteiger partial charge is 0.469 e. The van der Waals surface area contributed by atoms with Gasteiger partial charge in [0.25, 0.3) is 5.91 Å². The number of hydrogen-bond donors (Lipinski definition) is 1. The van der Waals surface area contributed by atoms with E-state index in [0.29, 0.717) is 36.0 Å². The van der Waals surface area contributed by atoms with Crippen LogP contribution in [0.3, 0.4) is 0 Å². The highest BCUT2D eigenvalue weighted by Gasteiger charge is 2.28. The molecule has 25 heavy (non-hydrogen) atoms. The van der Waals surface area contributed by atoms with Gasteiger partial charge in [0.2, 0.25) is 10.0 Å². The molecule has 0 aliphatic carbocycles. The Morgan fingerprint density at radius 3 is 2.56 bits per heavy atom. The molecular formula is C18H22N2O4S. The normalized spacial score (nSPS) is 18.9. The third-order valence-electron chi connectivity index (χ3n) is 4.47. The van der Waals surface area contributed by atoms with Crippen molar-refractivity contribution in [1.29, 1.82) is 0 Å². The minimum absolute atomic E-state index is 0.249. The molecule has 0 saturated carbocycles.